The lowest BCUT2D eigenvalue weighted by atomic mass is 10.1. The molecule has 37 heavy (non-hydrogen) atoms. The molecule has 0 aliphatic carbocycles. The lowest BCUT2D eigenvalue weighted by Crippen LogP contribution is -2.50. The van der Waals surface area contributed by atoms with Crippen molar-refractivity contribution in [1.82, 2.24) is 24.8 Å². The number of aromatic amines is 1. The SMILES string of the molecule is CC(C)(C)OC(=O)N1CCN(c2ccncc2NC(=O)c2ccnc(-c3cccc4[nH]ccc34)n2)CC1. The van der Waals surface area contributed by atoms with Crippen molar-refractivity contribution in [3.8, 4) is 11.4 Å². The van der Waals surface area contributed by atoms with Gasteiger partial charge in [0.15, 0.2) is 5.82 Å². The Kier molecular flexibility index (Phi) is 6.47. The summed E-state index contributed by atoms with van der Waals surface area (Å²) < 4.78 is 5.49. The highest BCUT2D eigenvalue weighted by atomic mass is 16.6. The molecule has 1 fully saturated rings. The van der Waals surface area contributed by atoms with Crippen molar-refractivity contribution in [3.05, 3.63) is 66.9 Å². The van der Waals surface area contributed by atoms with Crippen molar-refractivity contribution < 1.29 is 14.3 Å². The normalized spacial score (nSPS) is 14.0. The van der Waals surface area contributed by atoms with E-state index >= 15 is 0 Å². The molecule has 190 valence electrons. The van der Waals surface area contributed by atoms with Crippen molar-refractivity contribution in [2.24, 2.45) is 0 Å². The molecule has 0 atom stereocenters. The van der Waals surface area contributed by atoms with Crippen LogP contribution in [0.5, 0.6) is 0 Å². The minimum atomic E-state index is -0.536. The van der Waals surface area contributed by atoms with E-state index < -0.39 is 5.60 Å². The van der Waals surface area contributed by atoms with Gasteiger partial charge in [-0.05, 0) is 45.0 Å². The Labute approximate surface area is 214 Å². The van der Waals surface area contributed by atoms with E-state index in [1.54, 1.807) is 29.6 Å². The molecule has 2 N–H and O–H groups in total. The van der Waals surface area contributed by atoms with E-state index in [1.165, 1.54) is 0 Å². The van der Waals surface area contributed by atoms with Gasteiger partial charge in [-0.25, -0.2) is 14.8 Å². The quantitative estimate of drug-likeness (QED) is 0.429. The Balaban J connectivity index is 1.30. The maximum Gasteiger partial charge on any atom is 0.410 e. The van der Waals surface area contributed by atoms with Crippen LogP contribution >= 0.6 is 0 Å². The number of nitrogens with one attached hydrogen (secondary N) is 2. The molecule has 4 aromatic rings. The highest BCUT2D eigenvalue weighted by molar-refractivity contribution is 6.05. The summed E-state index contributed by atoms with van der Waals surface area (Å²) in [5.41, 5.74) is 2.94. The highest BCUT2D eigenvalue weighted by Crippen LogP contribution is 2.28. The van der Waals surface area contributed by atoms with Crippen LogP contribution in [0.1, 0.15) is 31.3 Å². The van der Waals surface area contributed by atoms with Gasteiger partial charge < -0.3 is 24.8 Å². The number of anilines is 2. The van der Waals surface area contributed by atoms with Crippen molar-refractivity contribution in [2.45, 2.75) is 26.4 Å². The molecule has 1 saturated heterocycles. The van der Waals surface area contributed by atoms with Crippen LogP contribution in [0.4, 0.5) is 16.2 Å². The molecule has 0 unspecified atom stereocenters. The van der Waals surface area contributed by atoms with Gasteiger partial charge in [0.25, 0.3) is 5.91 Å². The minimum absolute atomic E-state index is 0.252. The minimum Gasteiger partial charge on any atom is -0.444 e. The first kappa shape index (κ1) is 24.2. The van der Waals surface area contributed by atoms with Crippen LogP contribution in [0.3, 0.4) is 0 Å². The van der Waals surface area contributed by atoms with Crippen LogP contribution < -0.4 is 10.2 Å². The average Bonchev–Trinajstić information content (AvgIpc) is 3.37. The van der Waals surface area contributed by atoms with Crippen LogP contribution in [0, 0.1) is 0 Å². The second kappa shape index (κ2) is 9.88. The van der Waals surface area contributed by atoms with Crippen molar-refractivity contribution >= 4 is 34.3 Å². The van der Waals surface area contributed by atoms with Crippen molar-refractivity contribution in [2.75, 3.05) is 36.4 Å². The van der Waals surface area contributed by atoms with Gasteiger partial charge in [0.2, 0.25) is 0 Å². The Morgan fingerprint density at radius 2 is 1.84 bits per heavy atom. The fourth-order valence-corrected chi connectivity index (χ4v) is 4.30. The third kappa shape index (κ3) is 5.37. The molecule has 1 aromatic carbocycles. The van der Waals surface area contributed by atoms with Crippen molar-refractivity contribution in [3.63, 3.8) is 0 Å². The number of rotatable bonds is 4. The van der Waals surface area contributed by atoms with Crippen molar-refractivity contribution in [1.29, 1.82) is 0 Å². The summed E-state index contributed by atoms with van der Waals surface area (Å²) in [7, 11) is 0. The van der Waals surface area contributed by atoms with E-state index in [-0.39, 0.29) is 17.7 Å². The molecule has 0 radical (unpaired) electrons. The molecule has 1 aliphatic heterocycles. The van der Waals surface area contributed by atoms with Gasteiger partial charge in [-0.15, -0.1) is 0 Å². The van der Waals surface area contributed by atoms with Crippen LogP contribution in [-0.2, 0) is 4.74 Å². The lowest BCUT2D eigenvalue weighted by Gasteiger charge is -2.37. The third-order valence-electron chi connectivity index (χ3n) is 6.04. The molecule has 3 aromatic heterocycles. The van der Waals surface area contributed by atoms with E-state index in [4.69, 9.17) is 4.74 Å². The van der Waals surface area contributed by atoms with E-state index in [0.717, 1.165) is 22.2 Å². The molecule has 10 heteroatoms. The number of pyridine rings is 1. The van der Waals surface area contributed by atoms with Gasteiger partial charge in [-0.1, -0.05) is 12.1 Å². The fourth-order valence-electron chi connectivity index (χ4n) is 4.30. The highest BCUT2D eigenvalue weighted by Gasteiger charge is 2.27. The molecule has 0 spiro atoms. The number of fused-ring (bicyclic) bond motifs is 1. The first-order valence-electron chi connectivity index (χ1n) is 12.2. The first-order valence-corrected chi connectivity index (χ1v) is 12.2. The monoisotopic (exact) mass is 499 g/mol. The van der Waals surface area contributed by atoms with Gasteiger partial charge in [-0.3, -0.25) is 9.78 Å². The summed E-state index contributed by atoms with van der Waals surface area (Å²) in [4.78, 5) is 45.8. The second-order valence-electron chi connectivity index (χ2n) is 9.81. The Morgan fingerprint density at radius 3 is 2.62 bits per heavy atom. The largest absolute Gasteiger partial charge is 0.444 e. The number of hydrogen-bond donors (Lipinski definition) is 2. The molecule has 4 heterocycles. The molecule has 5 rings (SSSR count). The zero-order chi connectivity index (χ0) is 26.0. The number of aromatic nitrogens is 4. The molecule has 0 bridgehead atoms. The van der Waals surface area contributed by atoms with Crippen LogP contribution in [-0.4, -0.2) is 68.6 Å². The van der Waals surface area contributed by atoms with Crippen LogP contribution in [0.15, 0.2) is 61.2 Å². The van der Waals surface area contributed by atoms with E-state index in [9.17, 15) is 9.59 Å². The molecule has 1 aliphatic rings. The first-order chi connectivity index (χ1) is 17.8. The Bertz CT molecular complexity index is 1440. The van der Waals surface area contributed by atoms with Gasteiger partial charge in [-0.2, -0.15) is 0 Å². The van der Waals surface area contributed by atoms with Crippen LogP contribution in [0.2, 0.25) is 0 Å². The number of carbonyl (C=O) groups is 2. The molecule has 10 nitrogen and oxygen atoms in total. The zero-order valence-corrected chi connectivity index (χ0v) is 21.1. The summed E-state index contributed by atoms with van der Waals surface area (Å²) in [5.74, 6) is 0.119. The van der Waals surface area contributed by atoms with Gasteiger partial charge in [0.1, 0.15) is 11.3 Å². The predicted octanol–water partition coefficient (Wildman–Crippen LogP) is 4.33. The average molecular weight is 500 g/mol. The number of carbonyl (C=O) groups excluding carboxylic acids is 2. The topological polar surface area (TPSA) is 116 Å². The van der Waals surface area contributed by atoms with Crippen LogP contribution in [0.25, 0.3) is 22.3 Å². The number of hydrogen-bond acceptors (Lipinski definition) is 7. The summed E-state index contributed by atoms with van der Waals surface area (Å²) in [6, 6.07) is 11.2. The van der Waals surface area contributed by atoms with E-state index in [2.05, 4.69) is 30.2 Å². The predicted molar refractivity (Wildman–Crippen MR) is 142 cm³/mol. The molecule has 2 amide bonds. The summed E-state index contributed by atoms with van der Waals surface area (Å²) in [5, 5.41) is 3.94. The van der Waals surface area contributed by atoms with E-state index in [1.807, 2.05) is 57.3 Å². The molecular formula is C27H29N7O3. The number of piperazine rings is 1. The Morgan fingerprint density at radius 1 is 1.03 bits per heavy atom. The Hall–Kier alpha value is -4.47. The third-order valence-corrected chi connectivity index (χ3v) is 6.04. The van der Waals surface area contributed by atoms with Gasteiger partial charge in [0, 0.05) is 61.2 Å². The molecular weight excluding hydrogens is 470 g/mol. The summed E-state index contributed by atoms with van der Waals surface area (Å²) >= 11 is 0. The number of ether oxygens (including phenoxy) is 1. The number of H-pyrrole nitrogens is 1. The maximum absolute atomic E-state index is 13.2. The van der Waals surface area contributed by atoms with Gasteiger partial charge >= 0.3 is 6.09 Å². The second-order valence-corrected chi connectivity index (χ2v) is 9.81. The lowest BCUT2D eigenvalue weighted by molar-refractivity contribution is 0.0240. The summed E-state index contributed by atoms with van der Waals surface area (Å²) in [6.45, 7) is 7.81. The standard InChI is InChI=1S/C27H29N7O3/c1-27(2,3)37-26(36)34-15-13-33(14-16-34)23-9-10-28-17-22(23)32-25(35)21-8-12-30-24(31-21)19-5-4-6-20-18(19)7-11-29-20/h4-12,17,29H,13-16H2,1-3H3,(H,32,35). The molecule has 0 saturated carbocycles. The smallest absolute Gasteiger partial charge is 0.410 e. The maximum atomic E-state index is 13.2. The number of benzene rings is 1. The van der Waals surface area contributed by atoms with E-state index in [0.29, 0.717) is 37.7 Å². The zero-order valence-electron chi connectivity index (χ0n) is 21.1. The number of amides is 2. The van der Waals surface area contributed by atoms with Gasteiger partial charge in [0.05, 0.1) is 17.6 Å². The fraction of sp³-hybridized carbons (Fsp3) is 0.296. The number of nitrogens with zero attached hydrogens (tertiary/aromatic N) is 5. The summed E-state index contributed by atoms with van der Waals surface area (Å²) in [6.07, 6.45) is 6.44.